The highest BCUT2D eigenvalue weighted by molar-refractivity contribution is 7.99. The Balaban J connectivity index is 2.11. The molecule has 0 aromatic heterocycles. The number of hydrogen-bond donors (Lipinski definition) is 1. The van der Waals surface area contributed by atoms with Gasteiger partial charge in [0.1, 0.15) is 5.75 Å². The van der Waals surface area contributed by atoms with Crippen LogP contribution in [0.4, 0.5) is 0 Å². The average Bonchev–Trinajstić information content (AvgIpc) is 2.55. The van der Waals surface area contributed by atoms with Crippen LogP contribution >= 0.6 is 11.8 Å². The lowest BCUT2D eigenvalue weighted by atomic mass is 10.0. The fourth-order valence-electron chi connectivity index (χ4n) is 2.55. The number of nitrogens with zero attached hydrogens (tertiary/aromatic N) is 3. The molecule has 22 heavy (non-hydrogen) atoms. The molecule has 122 valence electrons. The normalized spacial score (nSPS) is 17.6. The zero-order chi connectivity index (χ0) is 15.9. The summed E-state index contributed by atoms with van der Waals surface area (Å²) in [5.74, 6) is 3.80. The molecule has 2 rings (SSSR count). The maximum atomic E-state index is 6.16. The molecule has 1 heterocycles. The number of nitrogens with two attached hydrogens (primary N) is 1. The highest BCUT2D eigenvalue weighted by atomic mass is 32.2. The van der Waals surface area contributed by atoms with Gasteiger partial charge in [0.05, 0.1) is 19.7 Å². The molecular formula is C16H26N4OS. The van der Waals surface area contributed by atoms with Gasteiger partial charge in [0.15, 0.2) is 5.96 Å². The first-order chi connectivity index (χ1) is 10.6. The van der Waals surface area contributed by atoms with E-state index in [0.29, 0.717) is 12.5 Å². The maximum Gasteiger partial charge on any atom is 0.191 e. The molecule has 1 unspecified atom stereocenters. The Morgan fingerprint density at radius 2 is 2.05 bits per heavy atom. The van der Waals surface area contributed by atoms with Gasteiger partial charge in [-0.15, -0.1) is 0 Å². The fourth-order valence-corrected chi connectivity index (χ4v) is 3.46. The topological polar surface area (TPSA) is 54.1 Å². The van der Waals surface area contributed by atoms with Crippen LogP contribution in [-0.4, -0.2) is 68.1 Å². The molecule has 1 aliphatic heterocycles. The number of thioether (sulfide) groups is 1. The van der Waals surface area contributed by atoms with E-state index < -0.39 is 0 Å². The van der Waals surface area contributed by atoms with Gasteiger partial charge in [0, 0.05) is 30.2 Å². The van der Waals surface area contributed by atoms with Crippen molar-refractivity contribution in [2.24, 2.45) is 10.7 Å². The minimum atomic E-state index is 0.147. The number of aliphatic imine (C=N–C) groups is 1. The fraction of sp³-hybridized carbons (Fsp3) is 0.562. The van der Waals surface area contributed by atoms with Gasteiger partial charge in [-0.25, -0.2) is 0 Å². The third-order valence-electron chi connectivity index (χ3n) is 3.88. The second kappa shape index (κ2) is 8.29. The van der Waals surface area contributed by atoms with Crippen LogP contribution in [0.1, 0.15) is 11.6 Å². The Morgan fingerprint density at radius 3 is 2.68 bits per heavy atom. The van der Waals surface area contributed by atoms with Crippen LogP contribution in [0, 0.1) is 0 Å². The van der Waals surface area contributed by atoms with E-state index in [1.807, 2.05) is 30.0 Å². The molecule has 2 N–H and O–H groups in total. The van der Waals surface area contributed by atoms with Gasteiger partial charge in [-0.2, -0.15) is 11.8 Å². The summed E-state index contributed by atoms with van der Waals surface area (Å²) >= 11 is 1.97. The first kappa shape index (κ1) is 17.0. The van der Waals surface area contributed by atoms with E-state index >= 15 is 0 Å². The van der Waals surface area contributed by atoms with E-state index in [4.69, 9.17) is 10.5 Å². The molecule has 1 atom stereocenters. The first-order valence-corrected chi connectivity index (χ1v) is 8.71. The van der Waals surface area contributed by atoms with Gasteiger partial charge in [0.25, 0.3) is 0 Å². The largest absolute Gasteiger partial charge is 0.496 e. The Morgan fingerprint density at radius 1 is 1.36 bits per heavy atom. The summed E-state index contributed by atoms with van der Waals surface area (Å²) < 4.78 is 5.48. The highest BCUT2D eigenvalue weighted by Crippen LogP contribution is 2.28. The van der Waals surface area contributed by atoms with Gasteiger partial charge >= 0.3 is 0 Å². The summed E-state index contributed by atoms with van der Waals surface area (Å²) in [6.45, 7) is 2.60. The van der Waals surface area contributed by atoms with Crippen molar-refractivity contribution in [3.8, 4) is 5.75 Å². The predicted molar refractivity (Wildman–Crippen MR) is 94.8 cm³/mol. The molecule has 0 bridgehead atoms. The summed E-state index contributed by atoms with van der Waals surface area (Å²) in [5.41, 5.74) is 7.30. The summed E-state index contributed by atoms with van der Waals surface area (Å²) in [6, 6.07) is 8.24. The molecule has 1 aromatic carbocycles. The lowest BCUT2D eigenvalue weighted by Gasteiger charge is -2.29. The van der Waals surface area contributed by atoms with E-state index in [9.17, 15) is 0 Å². The molecule has 0 spiro atoms. The van der Waals surface area contributed by atoms with Crippen LogP contribution in [-0.2, 0) is 0 Å². The van der Waals surface area contributed by atoms with Crippen molar-refractivity contribution in [1.29, 1.82) is 0 Å². The highest BCUT2D eigenvalue weighted by Gasteiger charge is 2.19. The Kier molecular flexibility index (Phi) is 6.39. The van der Waals surface area contributed by atoms with E-state index in [1.165, 1.54) is 0 Å². The number of guanidine groups is 1. The van der Waals surface area contributed by atoms with Crippen molar-refractivity contribution < 1.29 is 4.74 Å². The average molecular weight is 322 g/mol. The molecule has 5 nitrogen and oxygen atoms in total. The third kappa shape index (κ3) is 4.30. The summed E-state index contributed by atoms with van der Waals surface area (Å²) in [4.78, 5) is 8.96. The summed E-state index contributed by atoms with van der Waals surface area (Å²) in [7, 11) is 5.81. The molecule has 0 radical (unpaired) electrons. The van der Waals surface area contributed by atoms with Crippen LogP contribution in [0.3, 0.4) is 0 Å². The van der Waals surface area contributed by atoms with Gasteiger partial charge in [-0.3, -0.25) is 4.99 Å². The summed E-state index contributed by atoms with van der Waals surface area (Å²) in [5, 5.41) is 0. The van der Waals surface area contributed by atoms with Gasteiger partial charge in [-0.1, -0.05) is 18.2 Å². The first-order valence-electron chi connectivity index (χ1n) is 7.55. The number of rotatable bonds is 5. The molecule has 1 fully saturated rings. The SMILES string of the molecule is COc1ccccc1C(CN=C(N)N1CCSCC1)N(C)C. The minimum Gasteiger partial charge on any atom is -0.496 e. The monoisotopic (exact) mass is 322 g/mol. The zero-order valence-electron chi connectivity index (χ0n) is 13.7. The lowest BCUT2D eigenvalue weighted by Crippen LogP contribution is -2.43. The molecule has 0 aliphatic carbocycles. The number of benzene rings is 1. The smallest absolute Gasteiger partial charge is 0.191 e. The third-order valence-corrected chi connectivity index (χ3v) is 4.83. The molecule has 1 aliphatic rings. The maximum absolute atomic E-state index is 6.16. The van der Waals surface area contributed by atoms with Crippen molar-refractivity contribution in [3.05, 3.63) is 29.8 Å². The Bertz CT molecular complexity index is 501. The Hall–Kier alpha value is -1.40. The van der Waals surface area contributed by atoms with Crippen LogP contribution in [0.15, 0.2) is 29.3 Å². The number of likely N-dealkylation sites (N-methyl/N-ethyl adjacent to an activating group) is 1. The predicted octanol–water partition coefficient (Wildman–Crippen LogP) is 1.66. The molecule has 1 saturated heterocycles. The number of para-hydroxylation sites is 1. The van der Waals surface area contributed by atoms with Gasteiger partial charge in [-0.05, 0) is 20.2 Å². The minimum absolute atomic E-state index is 0.147. The van der Waals surface area contributed by atoms with Crippen LogP contribution in [0.25, 0.3) is 0 Å². The number of methoxy groups -OCH3 is 1. The van der Waals surface area contributed by atoms with E-state index in [2.05, 4.69) is 35.0 Å². The van der Waals surface area contributed by atoms with Crippen molar-refractivity contribution in [3.63, 3.8) is 0 Å². The van der Waals surface area contributed by atoms with Crippen molar-refractivity contribution >= 4 is 17.7 Å². The van der Waals surface area contributed by atoms with Gasteiger partial charge in [0.2, 0.25) is 0 Å². The lowest BCUT2D eigenvalue weighted by molar-refractivity contribution is 0.294. The molecule has 0 saturated carbocycles. The van der Waals surface area contributed by atoms with Crippen LogP contribution < -0.4 is 10.5 Å². The molecular weight excluding hydrogens is 296 g/mol. The van der Waals surface area contributed by atoms with Crippen LogP contribution in [0.2, 0.25) is 0 Å². The van der Waals surface area contributed by atoms with Gasteiger partial charge < -0.3 is 20.3 Å². The molecule has 1 aromatic rings. The van der Waals surface area contributed by atoms with E-state index in [0.717, 1.165) is 35.9 Å². The van der Waals surface area contributed by atoms with Crippen molar-refractivity contribution in [2.45, 2.75) is 6.04 Å². The van der Waals surface area contributed by atoms with E-state index in [-0.39, 0.29) is 6.04 Å². The second-order valence-corrected chi connectivity index (χ2v) is 6.74. The molecule has 0 amide bonds. The van der Waals surface area contributed by atoms with E-state index in [1.54, 1.807) is 7.11 Å². The van der Waals surface area contributed by atoms with Crippen molar-refractivity contribution in [2.75, 3.05) is 52.3 Å². The standard InChI is InChI=1S/C16H26N4OS/c1-19(2)14(13-6-4-5-7-15(13)21-3)12-18-16(17)20-8-10-22-11-9-20/h4-7,14H,8-12H2,1-3H3,(H2,17,18). The number of hydrogen-bond acceptors (Lipinski definition) is 4. The van der Waals surface area contributed by atoms with Crippen LogP contribution in [0.5, 0.6) is 5.75 Å². The van der Waals surface area contributed by atoms with Crippen molar-refractivity contribution in [1.82, 2.24) is 9.80 Å². The quantitative estimate of drug-likeness (QED) is 0.660. The second-order valence-electron chi connectivity index (χ2n) is 5.52. The summed E-state index contributed by atoms with van der Waals surface area (Å²) in [6.07, 6.45) is 0. The number of ether oxygens (including phenoxy) is 1. The Labute approximate surface area is 137 Å². The molecule has 6 heteroatoms. The zero-order valence-corrected chi connectivity index (χ0v) is 14.5.